The number of hydrogen-bond donors (Lipinski definition) is 3. The number of aryl methyl sites for hydroxylation is 1. The number of hydrogen-bond acceptors (Lipinski definition) is 4. The standard InChI is InChI=1S/C22H27ClO4/c1-3-14-4-6-15(7-5-14)10-17-11-16(8-9-18(17)23)22-21(26)20(25)13(2)19(12-24)27-22/h4-9,11,13,19-22,24-26H,3,10,12H2,1-2H3. The molecule has 0 radical (unpaired) electrons. The van der Waals surface area contributed by atoms with Crippen LogP contribution in [0.25, 0.3) is 0 Å². The second-order valence-electron chi connectivity index (χ2n) is 7.32. The average molecular weight is 391 g/mol. The number of aliphatic hydroxyl groups excluding tert-OH is 3. The van der Waals surface area contributed by atoms with E-state index in [0.29, 0.717) is 11.4 Å². The number of aliphatic hydroxyl groups is 3. The Labute approximate surface area is 165 Å². The summed E-state index contributed by atoms with van der Waals surface area (Å²) in [6, 6.07) is 13.9. The molecule has 0 amide bonds. The Bertz CT molecular complexity index is 759. The fraction of sp³-hybridized carbons (Fsp3) is 0.455. The molecule has 146 valence electrons. The molecule has 5 unspecified atom stereocenters. The van der Waals surface area contributed by atoms with Crippen molar-refractivity contribution < 1.29 is 20.1 Å². The quantitative estimate of drug-likeness (QED) is 0.732. The van der Waals surface area contributed by atoms with Gasteiger partial charge in [-0.2, -0.15) is 0 Å². The summed E-state index contributed by atoms with van der Waals surface area (Å²) < 4.78 is 5.89. The van der Waals surface area contributed by atoms with Gasteiger partial charge in [0.1, 0.15) is 12.2 Å². The number of ether oxygens (including phenoxy) is 1. The molecular weight excluding hydrogens is 364 g/mol. The first-order chi connectivity index (χ1) is 12.9. The van der Waals surface area contributed by atoms with E-state index >= 15 is 0 Å². The fourth-order valence-electron chi connectivity index (χ4n) is 3.61. The highest BCUT2D eigenvalue weighted by molar-refractivity contribution is 6.31. The highest BCUT2D eigenvalue weighted by atomic mass is 35.5. The van der Waals surface area contributed by atoms with Crippen LogP contribution in [0.15, 0.2) is 42.5 Å². The van der Waals surface area contributed by atoms with Gasteiger partial charge in [0.25, 0.3) is 0 Å². The number of benzene rings is 2. The number of rotatable bonds is 5. The summed E-state index contributed by atoms with van der Waals surface area (Å²) in [6.45, 7) is 3.68. The smallest absolute Gasteiger partial charge is 0.111 e. The summed E-state index contributed by atoms with van der Waals surface area (Å²) in [6.07, 6.45) is -1.56. The fourth-order valence-corrected chi connectivity index (χ4v) is 3.79. The summed E-state index contributed by atoms with van der Waals surface area (Å²) in [4.78, 5) is 0. The first-order valence-corrected chi connectivity index (χ1v) is 9.81. The molecule has 0 bridgehead atoms. The molecule has 0 saturated carbocycles. The first kappa shape index (κ1) is 20.3. The molecule has 1 fully saturated rings. The van der Waals surface area contributed by atoms with Gasteiger partial charge in [-0.15, -0.1) is 0 Å². The summed E-state index contributed by atoms with van der Waals surface area (Å²) in [5.74, 6) is -0.342. The molecule has 3 rings (SSSR count). The second-order valence-corrected chi connectivity index (χ2v) is 7.72. The molecule has 2 aromatic carbocycles. The lowest BCUT2D eigenvalue weighted by Crippen LogP contribution is -2.50. The lowest BCUT2D eigenvalue weighted by molar-refractivity contribution is -0.207. The van der Waals surface area contributed by atoms with Crippen molar-refractivity contribution in [2.75, 3.05) is 6.61 Å². The summed E-state index contributed by atoms with van der Waals surface area (Å²) in [5.41, 5.74) is 4.12. The minimum atomic E-state index is -1.05. The highest BCUT2D eigenvalue weighted by Gasteiger charge is 2.42. The molecule has 1 aliphatic heterocycles. The van der Waals surface area contributed by atoms with Gasteiger partial charge in [0, 0.05) is 10.9 Å². The zero-order valence-electron chi connectivity index (χ0n) is 15.7. The third kappa shape index (κ3) is 4.36. The van der Waals surface area contributed by atoms with Crippen molar-refractivity contribution >= 4 is 11.6 Å². The van der Waals surface area contributed by atoms with E-state index in [9.17, 15) is 15.3 Å². The van der Waals surface area contributed by atoms with Gasteiger partial charge in [0.2, 0.25) is 0 Å². The molecule has 0 aromatic heterocycles. The van der Waals surface area contributed by atoms with Gasteiger partial charge in [0.05, 0.1) is 18.8 Å². The van der Waals surface area contributed by atoms with Crippen LogP contribution in [0.2, 0.25) is 5.02 Å². The van der Waals surface area contributed by atoms with Crippen LogP contribution in [0.1, 0.15) is 42.2 Å². The van der Waals surface area contributed by atoms with Crippen LogP contribution >= 0.6 is 11.6 Å². The van der Waals surface area contributed by atoms with Crippen LogP contribution in [0.3, 0.4) is 0 Å². The zero-order valence-corrected chi connectivity index (χ0v) is 16.4. The van der Waals surface area contributed by atoms with Crippen molar-refractivity contribution in [2.24, 2.45) is 5.92 Å². The minimum absolute atomic E-state index is 0.203. The Balaban J connectivity index is 1.85. The Morgan fingerprint density at radius 3 is 2.30 bits per heavy atom. The Kier molecular flexibility index (Phi) is 6.56. The van der Waals surface area contributed by atoms with Gasteiger partial charge in [-0.3, -0.25) is 0 Å². The molecule has 0 spiro atoms. The van der Waals surface area contributed by atoms with Gasteiger partial charge in [-0.05, 0) is 41.2 Å². The average Bonchev–Trinajstić information content (AvgIpc) is 2.69. The maximum Gasteiger partial charge on any atom is 0.111 e. The van der Waals surface area contributed by atoms with Gasteiger partial charge < -0.3 is 20.1 Å². The Hall–Kier alpha value is -1.43. The number of halogens is 1. The summed E-state index contributed by atoms with van der Waals surface area (Å²) in [5, 5.41) is 31.0. The van der Waals surface area contributed by atoms with Crippen molar-refractivity contribution in [2.45, 2.75) is 51.1 Å². The molecule has 1 aliphatic rings. The normalized spacial score (nSPS) is 28.3. The molecule has 5 atom stereocenters. The zero-order chi connectivity index (χ0) is 19.6. The maximum atomic E-state index is 10.5. The first-order valence-electron chi connectivity index (χ1n) is 9.43. The van der Waals surface area contributed by atoms with Gasteiger partial charge in [-0.25, -0.2) is 0 Å². The predicted molar refractivity (Wildman–Crippen MR) is 106 cm³/mol. The van der Waals surface area contributed by atoms with E-state index in [2.05, 4.69) is 31.2 Å². The topological polar surface area (TPSA) is 69.9 Å². The van der Waals surface area contributed by atoms with E-state index in [1.165, 1.54) is 5.56 Å². The van der Waals surface area contributed by atoms with Crippen molar-refractivity contribution in [3.8, 4) is 0 Å². The molecule has 27 heavy (non-hydrogen) atoms. The van der Waals surface area contributed by atoms with Gasteiger partial charge >= 0.3 is 0 Å². The van der Waals surface area contributed by atoms with E-state index in [-0.39, 0.29) is 12.5 Å². The molecule has 1 heterocycles. The predicted octanol–water partition coefficient (Wildman–Crippen LogP) is 3.28. The molecular formula is C22H27ClO4. The van der Waals surface area contributed by atoms with Crippen LogP contribution in [0.5, 0.6) is 0 Å². The SMILES string of the molecule is CCc1ccc(Cc2cc(C3OC(CO)C(C)C(O)C3O)ccc2Cl)cc1. The van der Waals surface area contributed by atoms with Crippen molar-refractivity contribution in [1.29, 1.82) is 0 Å². The summed E-state index contributed by atoms with van der Waals surface area (Å²) >= 11 is 6.40. The van der Waals surface area contributed by atoms with Crippen molar-refractivity contribution in [1.82, 2.24) is 0 Å². The molecule has 4 nitrogen and oxygen atoms in total. The van der Waals surface area contributed by atoms with Crippen LogP contribution in [0, 0.1) is 5.92 Å². The third-order valence-electron chi connectivity index (χ3n) is 5.51. The largest absolute Gasteiger partial charge is 0.394 e. The van der Waals surface area contributed by atoms with Crippen LogP contribution in [-0.2, 0) is 17.6 Å². The minimum Gasteiger partial charge on any atom is -0.394 e. The van der Waals surface area contributed by atoms with Crippen molar-refractivity contribution in [3.63, 3.8) is 0 Å². The molecule has 1 saturated heterocycles. The van der Waals surface area contributed by atoms with Gasteiger partial charge in [0.15, 0.2) is 0 Å². The van der Waals surface area contributed by atoms with E-state index < -0.39 is 24.4 Å². The monoisotopic (exact) mass is 390 g/mol. The summed E-state index contributed by atoms with van der Waals surface area (Å²) in [7, 11) is 0. The Morgan fingerprint density at radius 1 is 1.00 bits per heavy atom. The lowest BCUT2D eigenvalue weighted by atomic mass is 9.85. The van der Waals surface area contributed by atoms with Crippen LogP contribution in [0.4, 0.5) is 0 Å². The second kappa shape index (κ2) is 8.72. The van der Waals surface area contributed by atoms with E-state index in [1.807, 2.05) is 6.07 Å². The highest BCUT2D eigenvalue weighted by Crippen LogP contribution is 2.36. The van der Waals surface area contributed by atoms with E-state index in [0.717, 1.165) is 23.1 Å². The lowest BCUT2D eigenvalue weighted by Gasteiger charge is -2.41. The van der Waals surface area contributed by atoms with Crippen molar-refractivity contribution in [3.05, 3.63) is 69.7 Å². The molecule has 0 aliphatic carbocycles. The van der Waals surface area contributed by atoms with Gasteiger partial charge in [-0.1, -0.05) is 61.8 Å². The molecule has 2 aromatic rings. The van der Waals surface area contributed by atoms with E-state index in [1.54, 1.807) is 19.1 Å². The maximum absolute atomic E-state index is 10.5. The Morgan fingerprint density at radius 2 is 1.67 bits per heavy atom. The van der Waals surface area contributed by atoms with E-state index in [4.69, 9.17) is 16.3 Å². The molecule has 5 heteroatoms. The third-order valence-corrected chi connectivity index (χ3v) is 5.88. The van der Waals surface area contributed by atoms with Crippen LogP contribution < -0.4 is 0 Å². The molecule has 3 N–H and O–H groups in total. The van der Waals surface area contributed by atoms with Crippen LogP contribution in [-0.4, -0.2) is 40.2 Å².